The summed E-state index contributed by atoms with van der Waals surface area (Å²) in [6, 6.07) is 11.8. The minimum absolute atomic E-state index is 0.273. The lowest BCUT2D eigenvalue weighted by Gasteiger charge is -2.32. The predicted octanol–water partition coefficient (Wildman–Crippen LogP) is 3.13. The molecule has 1 amide bonds. The van der Waals surface area contributed by atoms with Crippen LogP contribution in [0.3, 0.4) is 0 Å². The van der Waals surface area contributed by atoms with Crippen LogP contribution in [0.1, 0.15) is 28.8 Å². The first-order chi connectivity index (χ1) is 11.6. The fraction of sp³-hybridized carbons (Fsp3) is 0.333. The number of halogens is 1. The number of primary amides is 1. The average Bonchev–Trinajstić information content (AvgIpc) is 2.62. The van der Waals surface area contributed by atoms with Crippen LogP contribution in [-0.4, -0.2) is 30.1 Å². The number of carbonyl (C=O) groups excluding carboxylic acids is 1. The minimum atomic E-state index is -0.450. The van der Waals surface area contributed by atoms with Crippen LogP contribution in [0.4, 0.5) is 5.82 Å². The maximum Gasteiger partial charge on any atom is 0.250 e. The Morgan fingerprint density at radius 1 is 1.21 bits per heavy atom. The van der Waals surface area contributed by atoms with Crippen LogP contribution < -0.4 is 10.6 Å². The van der Waals surface area contributed by atoms with E-state index < -0.39 is 5.91 Å². The number of pyridine rings is 1. The molecule has 1 fully saturated rings. The molecule has 1 aromatic carbocycles. The van der Waals surface area contributed by atoms with E-state index in [-0.39, 0.29) is 6.10 Å². The molecule has 1 aromatic heterocycles. The molecule has 24 heavy (non-hydrogen) atoms. The van der Waals surface area contributed by atoms with Crippen molar-refractivity contribution in [2.75, 3.05) is 18.0 Å². The van der Waals surface area contributed by atoms with E-state index in [1.165, 1.54) is 11.8 Å². The van der Waals surface area contributed by atoms with Crippen LogP contribution in [-0.2, 0) is 11.3 Å². The molecule has 1 aliphatic heterocycles. The molecule has 2 heterocycles. The molecular formula is C18H20BrN3O2. The van der Waals surface area contributed by atoms with Gasteiger partial charge in [-0.25, -0.2) is 4.98 Å². The van der Waals surface area contributed by atoms with Gasteiger partial charge in [0, 0.05) is 23.8 Å². The summed E-state index contributed by atoms with van der Waals surface area (Å²) in [5.41, 5.74) is 6.86. The first-order valence-electron chi connectivity index (χ1n) is 7.98. The monoisotopic (exact) mass is 389 g/mol. The fourth-order valence-electron chi connectivity index (χ4n) is 2.77. The van der Waals surface area contributed by atoms with Crippen molar-refractivity contribution < 1.29 is 9.53 Å². The molecule has 0 aliphatic carbocycles. The molecule has 3 rings (SSSR count). The maximum absolute atomic E-state index is 11.1. The standard InChI is InChI=1S/C18H20BrN3O2/c19-15-4-1-13(2-5-15)12-24-16-7-9-22(10-8-16)17-6-3-14(11-21-17)18(20)23/h1-6,11,16H,7-10,12H2,(H2,20,23). The van der Waals surface area contributed by atoms with Crippen LogP contribution in [0.2, 0.25) is 0 Å². The van der Waals surface area contributed by atoms with E-state index in [0.717, 1.165) is 36.2 Å². The molecule has 0 saturated carbocycles. The van der Waals surface area contributed by atoms with Gasteiger partial charge in [0.25, 0.3) is 0 Å². The third kappa shape index (κ3) is 4.33. The summed E-state index contributed by atoms with van der Waals surface area (Å²) in [6.07, 6.45) is 3.74. The minimum Gasteiger partial charge on any atom is -0.373 e. The lowest BCUT2D eigenvalue weighted by atomic mass is 10.1. The Kier molecular flexibility index (Phi) is 5.48. The van der Waals surface area contributed by atoms with E-state index in [4.69, 9.17) is 10.5 Å². The number of piperidine rings is 1. The third-order valence-electron chi connectivity index (χ3n) is 4.20. The van der Waals surface area contributed by atoms with E-state index in [9.17, 15) is 4.79 Å². The van der Waals surface area contributed by atoms with Crippen LogP contribution in [0.15, 0.2) is 47.1 Å². The Labute approximate surface area is 149 Å². The van der Waals surface area contributed by atoms with E-state index in [0.29, 0.717) is 12.2 Å². The molecule has 1 aliphatic rings. The van der Waals surface area contributed by atoms with E-state index in [1.54, 1.807) is 6.07 Å². The number of aromatic nitrogens is 1. The molecule has 0 bridgehead atoms. The molecule has 2 N–H and O–H groups in total. The number of ether oxygens (including phenoxy) is 1. The topological polar surface area (TPSA) is 68.5 Å². The second kappa shape index (κ2) is 7.77. The molecule has 6 heteroatoms. The average molecular weight is 390 g/mol. The second-order valence-electron chi connectivity index (χ2n) is 5.89. The van der Waals surface area contributed by atoms with Crippen LogP contribution in [0.5, 0.6) is 0 Å². The van der Waals surface area contributed by atoms with Gasteiger partial charge < -0.3 is 15.4 Å². The summed E-state index contributed by atoms with van der Waals surface area (Å²) in [6.45, 7) is 2.44. The maximum atomic E-state index is 11.1. The molecule has 1 saturated heterocycles. The van der Waals surface area contributed by atoms with Crippen molar-refractivity contribution in [1.82, 2.24) is 4.98 Å². The Morgan fingerprint density at radius 3 is 2.50 bits per heavy atom. The van der Waals surface area contributed by atoms with Crippen molar-refractivity contribution in [3.05, 3.63) is 58.2 Å². The number of rotatable bonds is 5. The molecule has 126 valence electrons. The van der Waals surface area contributed by atoms with Gasteiger partial charge in [-0.3, -0.25) is 4.79 Å². The highest BCUT2D eigenvalue weighted by Crippen LogP contribution is 2.21. The third-order valence-corrected chi connectivity index (χ3v) is 4.73. The molecule has 0 radical (unpaired) electrons. The highest BCUT2D eigenvalue weighted by Gasteiger charge is 2.20. The highest BCUT2D eigenvalue weighted by molar-refractivity contribution is 9.10. The van der Waals surface area contributed by atoms with Gasteiger partial charge in [0.1, 0.15) is 5.82 Å². The number of hydrogen-bond acceptors (Lipinski definition) is 4. The van der Waals surface area contributed by atoms with Crippen LogP contribution >= 0.6 is 15.9 Å². The molecule has 2 aromatic rings. The number of nitrogens with zero attached hydrogens (tertiary/aromatic N) is 2. The number of hydrogen-bond donors (Lipinski definition) is 1. The summed E-state index contributed by atoms with van der Waals surface area (Å²) in [7, 11) is 0. The van der Waals surface area contributed by atoms with Crippen molar-refractivity contribution in [2.24, 2.45) is 5.73 Å². The van der Waals surface area contributed by atoms with Crippen molar-refractivity contribution in [3.8, 4) is 0 Å². The lowest BCUT2D eigenvalue weighted by Crippen LogP contribution is -2.37. The Balaban J connectivity index is 1.48. The van der Waals surface area contributed by atoms with Gasteiger partial charge in [-0.2, -0.15) is 0 Å². The lowest BCUT2D eigenvalue weighted by molar-refractivity contribution is 0.0250. The largest absolute Gasteiger partial charge is 0.373 e. The van der Waals surface area contributed by atoms with Gasteiger partial charge >= 0.3 is 0 Å². The highest BCUT2D eigenvalue weighted by atomic mass is 79.9. The van der Waals surface area contributed by atoms with Crippen LogP contribution in [0.25, 0.3) is 0 Å². The zero-order chi connectivity index (χ0) is 16.9. The van der Waals surface area contributed by atoms with Gasteiger partial charge in [0.15, 0.2) is 0 Å². The van der Waals surface area contributed by atoms with Gasteiger partial charge in [-0.05, 0) is 42.7 Å². The summed E-state index contributed by atoms with van der Waals surface area (Å²) < 4.78 is 7.10. The Hall–Kier alpha value is -1.92. The normalized spacial score (nSPS) is 15.5. The van der Waals surface area contributed by atoms with E-state index in [2.05, 4.69) is 37.9 Å². The smallest absolute Gasteiger partial charge is 0.250 e. The Bertz CT molecular complexity index is 680. The quantitative estimate of drug-likeness (QED) is 0.852. The summed E-state index contributed by atoms with van der Waals surface area (Å²) in [4.78, 5) is 17.6. The van der Waals surface area contributed by atoms with Crippen molar-refractivity contribution in [2.45, 2.75) is 25.6 Å². The number of carbonyl (C=O) groups is 1. The summed E-state index contributed by atoms with van der Waals surface area (Å²) >= 11 is 3.44. The molecular weight excluding hydrogens is 370 g/mol. The Morgan fingerprint density at radius 2 is 1.92 bits per heavy atom. The second-order valence-corrected chi connectivity index (χ2v) is 6.81. The predicted molar refractivity (Wildman–Crippen MR) is 96.9 cm³/mol. The number of amides is 1. The SMILES string of the molecule is NC(=O)c1ccc(N2CCC(OCc3ccc(Br)cc3)CC2)nc1. The summed E-state index contributed by atoms with van der Waals surface area (Å²) in [5.74, 6) is 0.431. The van der Waals surface area contributed by atoms with E-state index in [1.807, 2.05) is 18.2 Å². The zero-order valence-corrected chi connectivity index (χ0v) is 14.9. The van der Waals surface area contributed by atoms with Gasteiger partial charge in [-0.15, -0.1) is 0 Å². The van der Waals surface area contributed by atoms with Gasteiger partial charge in [0.05, 0.1) is 18.3 Å². The first kappa shape index (κ1) is 16.9. The molecule has 0 unspecified atom stereocenters. The van der Waals surface area contributed by atoms with Crippen molar-refractivity contribution >= 4 is 27.7 Å². The number of nitrogens with two attached hydrogens (primary N) is 1. The van der Waals surface area contributed by atoms with Crippen LogP contribution in [0, 0.1) is 0 Å². The van der Waals surface area contributed by atoms with Crippen molar-refractivity contribution in [1.29, 1.82) is 0 Å². The molecule has 0 atom stereocenters. The van der Waals surface area contributed by atoms with Gasteiger partial charge in [-0.1, -0.05) is 28.1 Å². The fourth-order valence-corrected chi connectivity index (χ4v) is 3.03. The molecule has 5 nitrogen and oxygen atoms in total. The van der Waals surface area contributed by atoms with Gasteiger partial charge in [0.2, 0.25) is 5.91 Å². The van der Waals surface area contributed by atoms with Crippen molar-refractivity contribution in [3.63, 3.8) is 0 Å². The first-order valence-corrected chi connectivity index (χ1v) is 8.78. The molecule has 0 spiro atoms. The zero-order valence-electron chi connectivity index (χ0n) is 13.3. The summed E-state index contributed by atoms with van der Waals surface area (Å²) in [5, 5.41) is 0. The number of benzene rings is 1. The number of anilines is 1. The van der Waals surface area contributed by atoms with E-state index >= 15 is 0 Å².